The second-order valence-electron chi connectivity index (χ2n) is 25.9. The topological polar surface area (TPSA) is 531 Å². The second kappa shape index (κ2) is 42.1. The van der Waals surface area contributed by atoms with Crippen LogP contribution in [0.1, 0.15) is 150 Å². The van der Waals surface area contributed by atoms with Crippen LogP contribution in [-0.4, -0.2) is 199 Å². The second-order valence-corrected chi connectivity index (χ2v) is 27.2. The number of aliphatic imine (C=N–C) groups is 1. The Morgan fingerprint density at radius 1 is 0.660 bits per heavy atom. The van der Waals surface area contributed by atoms with E-state index in [1.807, 2.05) is 27.7 Å². The fourth-order valence-corrected chi connectivity index (χ4v) is 12.0. The van der Waals surface area contributed by atoms with Gasteiger partial charge in [-0.15, -0.1) is 0 Å². The summed E-state index contributed by atoms with van der Waals surface area (Å²) >= 11 is 1.20. The highest BCUT2D eigenvalue weighted by atomic mass is 32.2. The van der Waals surface area contributed by atoms with Gasteiger partial charge in [-0.3, -0.25) is 72.1 Å². The van der Waals surface area contributed by atoms with Crippen LogP contribution in [-0.2, 0) is 80.0 Å². The monoisotopic (exact) mass is 1420 g/mol. The minimum atomic E-state index is -1.94. The molecule has 0 radical (unpaired) electrons. The van der Waals surface area contributed by atoms with Crippen molar-refractivity contribution in [3.63, 3.8) is 0 Å². The number of hydrogen-bond acceptors (Lipinski definition) is 19. The van der Waals surface area contributed by atoms with E-state index in [0.717, 1.165) is 6.42 Å². The smallest absolute Gasteiger partial charge is 0.305 e. The van der Waals surface area contributed by atoms with Crippen molar-refractivity contribution in [2.45, 2.75) is 223 Å². The molecule has 0 saturated carbocycles. The molecule has 0 bridgehead atoms. The molecule has 1 aromatic heterocycles. The third kappa shape index (κ3) is 27.6. The number of thioether (sulfide) groups is 1. The molecule has 2 aliphatic rings. The normalized spacial score (nSPS) is 23.1. The first-order valence-electron chi connectivity index (χ1n) is 34.1. The first kappa shape index (κ1) is 83.4. The van der Waals surface area contributed by atoms with Gasteiger partial charge in [-0.2, -0.15) is 0 Å². The number of imidazole rings is 1. The zero-order chi connectivity index (χ0) is 74.3. The number of benzene rings is 1. The Kier molecular flexibility index (Phi) is 35.1. The maximum atomic E-state index is 14.9. The summed E-state index contributed by atoms with van der Waals surface area (Å²) in [5.74, 6) is -15.6. The lowest BCUT2D eigenvalue weighted by Gasteiger charge is -2.30. The average molecular weight is 1420 g/mol. The summed E-state index contributed by atoms with van der Waals surface area (Å²) in [7, 11) is 0. The van der Waals surface area contributed by atoms with E-state index in [-0.39, 0.29) is 95.7 Å². The molecule has 33 nitrogen and oxygen atoms in total. The Labute approximate surface area is 586 Å². The number of primary amides is 1. The maximum Gasteiger partial charge on any atom is 0.305 e. The highest BCUT2D eigenvalue weighted by Crippen LogP contribution is 2.27. The number of aliphatic carboxylic acids is 2. The molecule has 12 amide bonds. The fraction of sp³-hybridized carbons (Fsp3) is 0.636. The lowest BCUT2D eigenvalue weighted by molar-refractivity contribution is -0.142. The number of carboxylic acid groups (broad SMARTS) is 2. The minimum absolute atomic E-state index is 0.00169. The van der Waals surface area contributed by atoms with Crippen molar-refractivity contribution < 1.29 is 77.3 Å². The van der Waals surface area contributed by atoms with Gasteiger partial charge >= 0.3 is 11.9 Å². The number of nitrogens with two attached hydrogens (primary N) is 3. The molecule has 4 rings (SSSR count). The molecular weight excluding hydrogens is 1320 g/mol. The highest BCUT2D eigenvalue weighted by molar-refractivity contribution is 8.15. The van der Waals surface area contributed by atoms with Crippen LogP contribution in [0.15, 0.2) is 47.8 Å². The number of H-pyrrole nitrogens is 1. The van der Waals surface area contributed by atoms with E-state index in [2.05, 4.69) is 73.4 Å². The zero-order valence-corrected chi connectivity index (χ0v) is 59.0. The van der Waals surface area contributed by atoms with Crippen LogP contribution in [0.5, 0.6) is 0 Å². The van der Waals surface area contributed by atoms with E-state index in [0.29, 0.717) is 16.3 Å². The Balaban J connectivity index is 1.76. The molecule has 554 valence electrons. The van der Waals surface area contributed by atoms with Crippen molar-refractivity contribution in [1.29, 1.82) is 0 Å². The molecule has 4 unspecified atom stereocenters. The Bertz CT molecular complexity index is 3160. The van der Waals surface area contributed by atoms with Crippen LogP contribution in [0.2, 0.25) is 0 Å². The van der Waals surface area contributed by atoms with Gasteiger partial charge in [-0.25, -0.2) is 4.98 Å². The van der Waals surface area contributed by atoms with Crippen molar-refractivity contribution in [1.82, 2.24) is 68.5 Å². The SMILES string of the molecule is CCC(C)[C@@H]1NC(=O)[C@@H](CCCN)NC(=O)[C@@H](NC(=O)[C@@H](NC(=O)[C@@H](CCC(=O)O)NC(=O)[C@H](CC(C)C)NC(=O)C2CN=C([C@H](N)C(C)CC)S2)C(C)CC)CCCCNC(=O)[C@H](CC(N)=O)NC(=O)[C@@H](CC(=O)O)NC(=O)[C@H](Cc2cnc[nH]2)NC(=O)[C@H](Cc2ccccc2)NC1=O. The first-order valence-corrected chi connectivity index (χ1v) is 35.0. The summed E-state index contributed by atoms with van der Waals surface area (Å²) in [6, 6.07) is -7.45. The molecule has 3 heterocycles. The largest absolute Gasteiger partial charge is 0.481 e. The summed E-state index contributed by atoms with van der Waals surface area (Å²) in [6.45, 7) is 14.2. The Morgan fingerprint density at radius 3 is 1.85 bits per heavy atom. The van der Waals surface area contributed by atoms with Gasteiger partial charge in [0.15, 0.2) is 0 Å². The third-order valence-corrected chi connectivity index (χ3v) is 18.8. The Hall–Kier alpha value is -9.05. The van der Waals surface area contributed by atoms with Gasteiger partial charge in [0.1, 0.15) is 65.7 Å². The van der Waals surface area contributed by atoms with E-state index in [9.17, 15) is 77.3 Å². The number of amides is 12. The Morgan fingerprint density at radius 2 is 1.26 bits per heavy atom. The molecule has 1 aromatic carbocycles. The number of aromatic amines is 1. The molecular formula is C66H103N17O16S. The molecule has 0 spiro atoms. The number of nitrogens with zero attached hydrogens (tertiary/aromatic N) is 2. The van der Waals surface area contributed by atoms with E-state index >= 15 is 0 Å². The molecule has 2 aliphatic heterocycles. The summed E-state index contributed by atoms with van der Waals surface area (Å²) in [5, 5.41) is 48.4. The third-order valence-electron chi connectivity index (χ3n) is 17.5. The van der Waals surface area contributed by atoms with Crippen LogP contribution in [0.3, 0.4) is 0 Å². The molecule has 100 heavy (non-hydrogen) atoms. The highest BCUT2D eigenvalue weighted by Gasteiger charge is 2.40. The quantitative estimate of drug-likeness (QED) is 0.0401. The standard InChI is InChI=1S/C66H103N17O16S/c1-9-35(6)52(69)66-72-32-48(100-66)63(97)80-43(26-34(4)5)59(93)75-42(22-23-50(85)86)58(92)83-53(36(7)10-2)64(98)76-40-20-15-16-25-71-55(89)46(29-49(68)84)78-62(96)47(30-51(87)88)79-61(95)45(28-39-31-70-33-73-39)77-60(94)44(27-38-18-13-12-14-19-38)81-65(99)54(37(8)11-3)82-57(91)41(21-17-24-67)74-56(40)90/h12-14,18-19,31,33-37,40-48,52-54H,9-11,15-17,20-30,32,67,69H2,1-8H3,(H2,68,84)(H,70,73)(H,71,89)(H,74,90)(H,75,93)(H,76,98)(H,77,94)(H,78,96)(H,79,95)(H,80,97)(H,81,99)(H,82,91)(H,83,92)(H,85,86)(H,87,88)/t35?,36?,37?,40-,41+,42+,43-,44-,45-,46-,47+,48?,52+,53-,54-/m0/s1. The zero-order valence-electron chi connectivity index (χ0n) is 58.2. The van der Waals surface area contributed by atoms with Gasteiger partial charge in [0.2, 0.25) is 70.9 Å². The van der Waals surface area contributed by atoms with Crippen LogP contribution in [0, 0.1) is 23.7 Å². The molecule has 20 N–H and O–H groups in total. The molecule has 1 saturated heterocycles. The maximum absolute atomic E-state index is 14.9. The van der Waals surface area contributed by atoms with Gasteiger partial charge in [-0.1, -0.05) is 117 Å². The van der Waals surface area contributed by atoms with Gasteiger partial charge in [0.05, 0.1) is 36.8 Å². The minimum Gasteiger partial charge on any atom is -0.481 e. The van der Waals surface area contributed by atoms with Crippen molar-refractivity contribution in [2.24, 2.45) is 45.9 Å². The lowest BCUT2D eigenvalue weighted by Crippen LogP contribution is -2.62. The number of hydrogen-bond donors (Lipinski definition) is 17. The van der Waals surface area contributed by atoms with Crippen molar-refractivity contribution >= 4 is 99.6 Å². The van der Waals surface area contributed by atoms with Crippen LogP contribution < -0.4 is 75.7 Å². The predicted molar refractivity (Wildman–Crippen MR) is 369 cm³/mol. The van der Waals surface area contributed by atoms with Gasteiger partial charge in [0, 0.05) is 37.7 Å². The van der Waals surface area contributed by atoms with Crippen LogP contribution >= 0.6 is 11.8 Å². The van der Waals surface area contributed by atoms with E-state index in [1.165, 1.54) is 24.3 Å². The number of carboxylic acids is 2. The van der Waals surface area contributed by atoms with Crippen LogP contribution in [0.4, 0.5) is 0 Å². The summed E-state index contributed by atoms with van der Waals surface area (Å²) < 4.78 is 0. The first-order chi connectivity index (χ1) is 47.4. The number of aromatic nitrogens is 2. The molecule has 0 aliphatic carbocycles. The van der Waals surface area contributed by atoms with Crippen molar-refractivity contribution in [2.75, 3.05) is 19.6 Å². The summed E-state index contributed by atoms with van der Waals surface area (Å²) in [6.07, 6.45) is 0.386. The molecule has 15 atom stereocenters. The fourth-order valence-electron chi connectivity index (χ4n) is 10.9. The number of carbonyl (C=O) groups excluding carboxylic acids is 12. The molecule has 1 fully saturated rings. The summed E-state index contributed by atoms with van der Waals surface area (Å²) in [5.41, 5.74) is 18.7. The summed E-state index contributed by atoms with van der Waals surface area (Å²) in [4.78, 5) is 207. The number of carbonyl (C=O) groups is 14. The molecule has 34 heteroatoms. The van der Waals surface area contributed by atoms with E-state index in [4.69, 9.17) is 17.2 Å². The van der Waals surface area contributed by atoms with Crippen molar-refractivity contribution in [3.05, 3.63) is 54.1 Å². The van der Waals surface area contributed by atoms with Crippen LogP contribution in [0.25, 0.3) is 0 Å². The molecule has 2 aromatic rings. The lowest BCUT2D eigenvalue weighted by atomic mass is 9.96. The van der Waals surface area contributed by atoms with Gasteiger partial charge < -0.3 is 90.9 Å². The predicted octanol–water partition coefficient (Wildman–Crippen LogP) is -1.68. The number of nitrogens with one attached hydrogen (secondary N) is 12. The van der Waals surface area contributed by atoms with E-state index < -0.39 is 192 Å². The number of rotatable bonds is 31. The van der Waals surface area contributed by atoms with Crippen molar-refractivity contribution in [3.8, 4) is 0 Å². The van der Waals surface area contributed by atoms with Gasteiger partial charge in [-0.05, 0) is 80.7 Å². The van der Waals surface area contributed by atoms with Gasteiger partial charge in [0.25, 0.3) is 0 Å². The average Bonchev–Trinajstić information content (AvgIpc) is 1.24. The van der Waals surface area contributed by atoms with E-state index in [1.54, 1.807) is 58.0 Å².